The van der Waals surface area contributed by atoms with Crippen LogP contribution in [0.4, 0.5) is 5.69 Å². The van der Waals surface area contributed by atoms with Crippen molar-refractivity contribution in [3.63, 3.8) is 0 Å². The molecule has 0 aliphatic carbocycles. The molecule has 1 aromatic heterocycles. The van der Waals surface area contributed by atoms with Gasteiger partial charge < -0.3 is 14.6 Å². The van der Waals surface area contributed by atoms with E-state index < -0.39 is 0 Å². The Bertz CT molecular complexity index is 1040. The molecular formula is C23H26N2O3. The van der Waals surface area contributed by atoms with Gasteiger partial charge in [0.25, 0.3) is 5.56 Å². The third-order valence-electron chi connectivity index (χ3n) is 4.67. The first-order valence-electron chi connectivity index (χ1n) is 9.44. The highest BCUT2D eigenvalue weighted by Crippen LogP contribution is 2.23. The van der Waals surface area contributed by atoms with Gasteiger partial charge in [-0.1, -0.05) is 25.5 Å². The number of carbonyl (C=O) groups is 1. The number of hydrogen-bond donors (Lipinski definition) is 1. The van der Waals surface area contributed by atoms with Crippen LogP contribution in [0.1, 0.15) is 31.4 Å². The molecule has 5 nitrogen and oxygen atoms in total. The monoisotopic (exact) mass is 378 g/mol. The maximum absolute atomic E-state index is 12.9. The second-order valence-corrected chi connectivity index (χ2v) is 7.49. The smallest absolute Gasteiger partial charge is 0.253 e. The van der Waals surface area contributed by atoms with E-state index in [1.807, 2.05) is 69.3 Å². The molecule has 0 saturated carbocycles. The molecule has 2 aromatic carbocycles. The summed E-state index contributed by atoms with van der Waals surface area (Å²) >= 11 is 0. The highest BCUT2D eigenvalue weighted by Gasteiger charge is 2.19. The molecule has 0 saturated heterocycles. The number of nitrogens with zero attached hydrogens (tertiary/aromatic N) is 1. The molecule has 0 radical (unpaired) electrons. The van der Waals surface area contributed by atoms with Crippen molar-refractivity contribution < 1.29 is 9.53 Å². The third-order valence-corrected chi connectivity index (χ3v) is 4.67. The zero-order valence-corrected chi connectivity index (χ0v) is 16.8. The molecule has 0 atom stereocenters. The summed E-state index contributed by atoms with van der Waals surface area (Å²) in [6, 6.07) is 15.1. The van der Waals surface area contributed by atoms with Crippen LogP contribution in [0.25, 0.3) is 10.9 Å². The lowest BCUT2D eigenvalue weighted by molar-refractivity contribution is -0.119. The molecule has 0 aliphatic heterocycles. The van der Waals surface area contributed by atoms with Crippen LogP contribution in [0.5, 0.6) is 5.75 Å². The van der Waals surface area contributed by atoms with Crippen LogP contribution in [0, 0.1) is 12.8 Å². The molecule has 1 amide bonds. The molecular weight excluding hydrogens is 352 g/mol. The van der Waals surface area contributed by atoms with Gasteiger partial charge in [-0.05, 0) is 60.7 Å². The first kappa shape index (κ1) is 19.7. The van der Waals surface area contributed by atoms with Crippen LogP contribution in [-0.4, -0.2) is 18.0 Å². The van der Waals surface area contributed by atoms with Gasteiger partial charge in [-0.3, -0.25) is 9.59 Å². The number of anilines is 1. The number of aromatic nitrogens is 1. The Hall–Kier alpha value is -3.08. The Kier molecular flexibility index (Phi) is 5.83. The largest absolute Gasteiger partial charge is 0.497 e. The number of aromatic amines is 1. The van der Waals surface area contributed by atoms with Gasteiger partial charge in [-0.2, -0.15) is 0 Å². The number of amides is 1. The summed E-state index contributed by atoms with van der Waals surface area (Å²) < 4.78 is 5.21. The molecule has 3 aromatic rings. The fraction of sp³-hybridized carbons (Fsp3) is 0.304. The van der Waals surface area contributed by atoms with E-state index in [0.717, 1.165) is 27.9 Å². The molecule has 0 spiro atoms. The summed E-state index contributed by atoms with van der Waals surface area (Å²) in [5.74, 6) is 0.939. The van der Waals surface area contributed by atoms with Crippen molar-refractivity contribution in [2.24, 2.45) is 5.92 Å². The first-order valence-corrected chi connectivity index (χ1v) is 9.44. The summed E-state index contributed by atoms with van der Waals surface area (Å²) in [6.45, 7) is 6.25. The Balaban J connectivity index is 2.00. The maximum Gasteiger partial charge on any atom is 0.253 e. The molecule has 0 aliphatic rings. The van der Waals surface area contributed by atoms with Gasteiger partial charge in [0.05, 0.1) is 13.7 Å². The van der Waals surface area contributed by atoms with E-state index in [1.165, 1.54) is 0 Å². The minimum atomic E-state index is -0.174. The Labute approximate surface area is 165 Å². The van der Waals surface area contributed by atoms with E-state index in [-0.39, 0.29) is 23.9 Å². The lowest BCUT2D eigenvalue weighted by Gasteiger charge is -2.24. The Morgan fingerprint density at radius 1 is 1.11 bits per heavy atom. The topological polar surface area (TPSA) is 62.4 Å². The SMILES string of the molecule is COc1ccc(N(Cc2cc3cc(C)ccc3[nH]c2=O)C(=O)CC(C)C)cc1. The van der Waals surface area contributed by atoms with Crippen LogP contribution >= 0.6 is 0 Å². The van der Waals surface area contributed by atoms with Crippen LogP contribution < -0.4 is 15.2 Å². The van der Waals surface area contributed by atoms with Gasteiger partial charge in [0.1, 0.15) is 5.75 Å². The predicted octanol–water partition coefficient (Wildman–Crippen LogP) is 4.42. The van der Waals surface area contributed by atoms with Crippen molar-refractivity contribution in [1.82, 2.24) is 4.98 Å². The number of pyridine rings is 1. The average Bonchev–Trinajstić information content (AvgIpc) is 2.66. The van der Waals surface area contributed by atoms with Gasteiger partial charge in [-0.15, -0.1) is 0 Å². The van der Waals surface area contributed by atoms with Gasteiger partial charge in [0.2, 0.25) is 5.91 Å². The van der Waals surface area contributed by atoms with Crippen LogP contribution in [0.15, 0.2) is 53.3 Å². The Morgan fingerprint density at radius 2 is 1.82 bits per heavy atom. The number of fused-ring (bicyclic) bond motifs is 1. The third kappa shape index (κ3) is 4.42. The minimum absolute atomic E-state index is 0.0103. The van der Waals surface area contributed by atoms with Crippen LogP contribution in [0.3, 0.4) is 0 Å². The summed E-state index contributed by atoms with van der Waals surface area (Å²) in [4.78, 5) is 30.1. The summed E-state index contributed by atoms with van der Waals surface area (Å²) in [6.07, 6.45) is 0.413. The van der Waals surface area contributed by atoms with Gasteiger partial charge in [-0.25, -0.2) is 0 Å². The number of ether oxygens (including phenoxy) is 1. The van der Waals surface area contributed by atoms with Gasteiger partial charge in [0.15, 0.2) is 0 Å². The van der Waals surface area contributed by atoms with Crippen molar-refractivity contribution >= 4 is 22.5 Å². The fourth-order valence-corrected chi connectivity index (χ4v) is 3.20. The minimum Gasteiger partial charge on any atom is -0.497 e. The van der Waals surface area contributed by atoms with Crippen molar-refractivity contribution in [1.29, 1.82) is 0 Å². The van der Waals surface area contributed by atoms with Gasteiger partial charge in [0, 0.05) is 23.2 Å². The van der Waals surface area contributed by atoms with E-state index in [1.54, 1.807) is 12.0 Å². The van der Waals surface area contributed by atoms with Crippen LogP contribution in [-0.2, 0) is 11.3 Å². The molecule has 3 rings (SSSR count). The number of rotatable bonds is 6. The van der Waals surface area contributed by atoms with Crippen molar-refractivity contribution in [2.75, 3.05) is 12.0 Å². The van der Waals surface area contributed by atoms with Crippen molar-refractivity contribution in [3.8, 4) is 5.75 Å². The average molecular weight is 378 g/mol. The zero-order chi connectivity index (χ0) is 20.3. The fourth-order valence-electron chi connectivity index (χ4n) is 3.20. The highest BCUT2D eigenvalue weighted by atomic mass is 16.5. The zero-order valence-electron chi connectivity index (χ0n) is 16.8. The van der Waals surface area contributed by atoms with Crippen molar-refractivity contribution in [2.45, 2.75) is 33.7 Å². The molecule has 1 heterocycles. The second kappa shape index (κ2) is 8.30. The van der Waals surface area contributed by atoms with Gasteiger partial charge >= 0.3 is 0 Å². The number of carbonyl (C=O) groups excluding carboxylic acids is 1. The lowest BCUT2D eigenvalue weighted by atomic mass is 10.1. The number of hydrogen-bond acceptors (Lipinski definition) is 3. The first-order chi connectivity index (χ1) is 13.4. The number of H-pyrrole nitrogens is 1. The quantitative estimate of drug-likeness (QED) is 0.690. The predicted molar refractivity (Wildman–Crippen MR) is 113 cm³/mol. The van der Waals surface area contributed by atoms with E-state index in [0.29, 0.717) is 12.0 Å². The number of methoxy groups -OCH3 is 1. The van der Waals surface area contributed by atoms with E-state index in [2.05, 4.69) is 4.98 Å². The molecule has 0 fully saturated rings. The molecule has 146 valence electrons. The van der Waals surface area contributed by atoms with Crippen LogP contribution in [0.2, 0.25) is 0 Å². The van der Waals surface area contributed by atoms with E-state index in [4.69, 9.17) is 4.74 Å². The Morgan fingerprint density at radius 3 is 2.46 bits per heavy atom. The van der Waals surface area contributed by atoms with E-state index in [9.17, 15) is 9.59 Å². The molecule has 0 unspecified atom stereocenters. The summed E-state index contributed by atoms with van der Waals surface area (Å²) in [7, 11) is 1.60. The highest BCUT2D eigenvalue weighted by molar-refractivity contribution is 5.93. The molecule has 28 heavy (non-hydrogen) atoms. The molecule has 1 N–H and O–H groups in total. The van der Waals surface area contributed by atoms with Crippen molar-refractivity contribution in [3.05, 3.63) is 70.0 Å². The summed E-state index contributed by atoms with van der Waals surface area (Å²) in [5.41, 5.74) is 3.05. The second-order valence-electron chi connectivity index (χ2n) is 7.49. The lowest BCUT2D eigenvalue weighted by Crippen LogP contribution is -2.33. The molecule has 5 heteroatoms. The number of nitrogens with one attached hydrogen (secondary N) is 1. The summed E-state index contributed by atoms with van der Waals surface area (Å²) in [5, 5.41) is 0.959. The maximum atomic E-state index is 12.9. The standard InChI is InChI=1S/C23H26N2O3/c1-15(2)11-22(26)25(19-6-8-20(28-4)9-7-19)14-18-13-17-12-16(3)5-10-21(17)24-23(18)27/h5-10,12-13,15H,11,14H2,1-4H3,(H,24,27). The molecule has 0 bridgehead atoms. The van der Waals surface area contributed by atoms with E-state index >= 15 is 0 Å². The number of aryl methyl sites for hydroxylation is 1. The number of benzene rings is 2. The normalized spacial score (nSPS) is 11.0.